The topological polar surface area (TPSA) is 49.4 Å². The normalized spacial score (nSPS) is 15.1. The van der Waals surface area contributed by atoms with Crippen molar-refractivity contribution in [2.45, 2.75) is 57.7 Å². The van der Waals surface area contributed by atoms with Crippen LogP contribution in [0.1, 0.15) is 43.7 Å². The molecule has 1 atom stereocenters. The van der Waals surface area contributed by atoms with E-state index in [1.54, 1.807) is 42.2 Å². The zero-order valence-electron chi connectivity index (χ0n) is 16.8. The van der Waals surface area contributed by atoms with E-state index in [-0.39, 0.29) is 24.3 Å². The van der Waals surface area contributed by atoms with E-state index < -0.39 is 6.04 Å². The van der Waals surface area contributed by atoms with Gasteiger partial charge in [-0.3, -0.25) is 9.59 Å². The molecular weight excluding hydrogens is 443 g/mol. The summed E-state index contributed by atoms with van der Waals surface area (Å²) in [7, 11) is 0. The summed E-state index contributed by atoms with van der Waals surface area (Å²) >= 11 is 18.1. The second-order valence-electron chi connectivity index (χ2n) is 7.74. The molecule has 2 aromatic rings. The van der Waals surface area contributed by atoms with Gasteiger partial charge in [0.2, 0.25) is 11.8 Å². The molecule has 3 rings (SSSR count). The Bertz CT molecular complexity index is 896. The Kier molecular flexibility index (Phi) is 8.04. The first kappa shape index (κ1) is 22.9. The van der Waals surface area contributed by atoms with Crippen LogP contribution in [0, 0.1) is 0 Å². The number of hydrogen-bond acceptors (Lipinski definition) is 2. The Hall–Kier alpha value is -1.75. The number of hydrogen-bond donors (Lipinski definition) is 1. The minimum absolute atomic E-state index is 0.127. The van der Waals surface area contributed by atoms with Crippen molar-refractivity contribution in [3.05, 3.63) is 68.7 Å². The first-order chi connectivity index (χ1) is 14.3. The van der Waals surface area contributed by atoms with Crippen molar-refractivity contribution in [2.24, 2.45) is 0 Å². The monoisotopic (exact) mass is 466 g/mol. The molecule has 0 aliphatic heterocycles. The van der Waals surface area contributed by atoms with E-state index in [4.69, 9.17) is 34.8 Å². The summed E-state index contributed by atoms with van der Waals surface area (Å²) < 4.78 is 0. The molecule has 2 amide bonds. The Balaban J connectivity index is 1.77. The predicted molar refractivity (Wildman–Crippen MR) is 122 cm³/mol. The third-order valence-corrected chi connectivity index (χ3v) is 6.47. The van der Waals surface area contributed by atoms with E-state index in [0.29, 0.717) is 21.6 Å². The molecule has 1 saturated carbocycles. The van der Waals surface area contributed by atoms with Crippen LogP contribution in [0.3, 0.4) is 0 Å². The minimum atomic E-state index is -0.600. The molecule has 0 aromatic heterocycles. The predicted octanol–water partition coefficient (Wildman–Crippen LogP) is 5.67. The molecule has 0 unspecified atom stereocenters. The van der Waals surface area contributed by atoms with Crippen LogP contribution in [0.4, 0.5) is 0 Å². The Morgan fingerprint density at radius 3 is 2.27 bits per heavy atom. The van der Waals surface area contributed by atoms with Crippen LogP contribution < -0.4 is 5.32 Å². The second kappa shape index (κ2) is 10.5. The first-order valence-corrected chi connectivity index (χ1v) is 11.2. The standard InChI is InChI=1S/C23H25Cl3N2O2/c1-15(23(30)27-19-4-2-3-5-19)28(14-16-6-9-18(24)10-7-16)22(29)13-17-8-11-20(25)21(26)12-17/h6-12,15,19H,2-5,13-14H2,1H3,(H,27,30)/t15-/m1/s1. The number of benzene rings is 2. The van der Waals surface area contributed by atoms with Crippen LogP contribution in [0.15, 0.2) is 42.5 Å². The molecule has 1 aliphatic rings. The number of nitrogens with zero attached hydrogens (tertiary/aromatic N) is 1. The molecule has 1 fully saturated rings. The van der Waals surface area contributed by atoms with Crippen molar-refractivity contribution in [2.75, 3.05) is 0 Å². The van der Waals surface area contributed by atoms with E-state index in [0.717, 1.165) is 36.8 Å². The molecular formula is C23H25Cl3N2O2. The average Bonchev–Trinajstić information content (AvgIpc) is 3.22. The maximum absolute atomic E-state index is 13.2. The van der Waals surface area contributed by atoms with Gasteiger partial charge in [-0.2, -0.15) is 0 Å². The molecule has 0 spiro atoms. The first-order valence-electron chi connectivity index (χ1n) is 10.1. The summed E-state index contributed by atoms with van der Waals surface area (Å²) in [5, 5.41) is 4.56. The summed E-state index contributed by atoms with van der Waals surface area (Å²) in [6, 6.07) is 12.0. The lowest BCUT2D eigenvalue weighted by molar-refractivity contribution is -0.140. The molecule has 0 bridgehead atoms. The lowest BCUT2D eigenvalue weighted by Gasteiger charge is -2.30. The smallest absolute Gasteiger partial charge is 0.242 e. The number of rotatable bonds is 7. The van der Waals surface area contributed by atoms with Gasteiger partial charge in [0.25, 0.3) is 0 Å². The van der Waals surface area contributed by atoms with Crippen molar-refractivity contribution < 1.29 is 9.59 Å². The summed E-state index contributed by atoms with van der Waals surface area (Å²) in [5.74, 6) is -0.282. The zero-order valence-corrected chi connectivity index (χ0v) is 19.1. The number of carbonyl (C=O) groups is 2. The van der Waals surface area contributed by atoms with Crippen molar-refractivity contribution >= 4 is 46.6 Å². The highest BCUT2D eigenvalue weighted by Gasteiger charge is 2.28. The fraction of sp³-hybridized carbons (Fsp3) is 0.391. The van der Waals surface area contributed by atoms with Gasteiger partial charge in [0.05, 0.1) is 16.5 Å². The highest BCUT2D eigenvalue weighted by Crippen LogP contribution is 2.24. The highest BCUT2D eigenvalue weighted by atomic mass is 35.5. The average molecular weight is 468 g/mol. The summed E-state index contributed by atoms with van der Waals surface area (Å²) in [6.07, 6.45) is 4.37. The number of nitrogens with one attached hydrogen (secondary N) is 1. The van der Waals surface area contributed by atoms with E-state index in [1.807, 2.05) is 12.1 Å². The molecule has 0 heterocycles. The molecule has 2 aromatic carbocycles. The molecule has 160 valence electrons. The van der Waals surface area contributed by atoms with Gasteiger partial charge < -0.3 is 10.2 Å². The van der Waals surface area contributed by atoms with Crippen LogP contribution in [0.25, 0.3) is 0 Å². The van der Waals surface area contributed by atoms with Gasteiger partial charge in [-0.05, 0) is 55.2 Å². The molecule has 0 saturated heterocycles. The SMILES string of the molecule is C[C@H](C(=O)NC1CCCC1)N(Cc1ccc(Cl)cc1)C(=O)Cc1ccc(Cl)c(Cl)c1. The zero-order chi connectivity index (χ0) is 21.7. The number of amides is 2. The van der Waals surface area contributed by atoms with Gasteiger partial charge in [0.1, 0.15) is 6.04 Å². The fourth-order valence-electron chi connectivity index (χ4n) is 3.69. The third kappa shape index (κ3) is 6.13. The second-order valence-corrected chi connectivity index (χ2v) is 8.99. The van der Waals surface area contributed by atoms with Crippen LogP contribution in [-0.2, 0) is 22.6 Å². The van der Waals surface area contributed by atoms with Gasteiger partial charge in [-0.15, -0.1) is 0 Å². The molecule has 1 N–H and O–H groups in total. The molecule has 1 aliphatic carbocycles. The van der Waals surface area contributed by atoms with Gasteiger partial charge in [0, 0.05) is 17.6 Å². The number of halogens is 3. The Morgan fingerprint density at radius 1 is 1.00 bits per heavy atom. The summed E-state index contributed by atoms with van der Waals surface area (Å²) in [6.45, 7) is 2.09. The maximum atomic E-state index is 13.2. The Labute approximate surface area is 192 Å². The van der Waals surface area contributed by atoms with E-state index >= 15 is 0 Å². The quantitative estimate of drug-likeness (QED) is 0.571. The van der Waals surface area contributed by atoms with E-state index in [2.05, 4.69) is 5.32 Å². The van der Waals surface area contributed by atoms with Gasteiger partial charge in [-0.1, -0.05) is 65.8 Å². The fourth-order valence-corrected chi connectivity index (χ4v) is 4.13. The maximum Gasteiger partial charge on any atom is 0.242 e. The molecule has 30 heavy (non-hydrogen) atoms. The molecule has 7 heteroatoms. The van der Waals surface area contributed by atoms with E-state index in [9.17, 15) is 9.59 Å². The van der Waals surface area contributed by atoms with Crippen LogP contribution in [0.5, 0.6) is 0 Å². The summed E-state index contributed by atoms with van der Waals surface area (Å²) in [4.78, 5) is 27.7. The molecule has 0 radical (unpaired) electrons. The van der Waals surface area contributed by atoms with Crippen LogP contribution in [-0.4, -0.2) is 28.8 Å². The lowest BCUT2D eigenvalue weighted by Crippen LogP contribution is -2.50. The summed E-state index contributed by atoms with van der Waals surface area (Å²) in [5.41, 5.74) is 1.65. The van der Waals surface area contributed by atoms with Gasteiger partial charge >= 0.3 is 0 Å². The van der Waals surface area contributed by atoms with Gasteiger partial charge in [-0.25, -0.2) is 0 Å². The van der Waals surface area contributed by atoms with E-state index in [1.165, 1.54) is 0 Å². The largest absolute Gasteiger partial charge is 0.352 e. The lowest BCUT2D eigenvalue weighted by atomic mass is 10.1. The van der Waals surface area contributed by atoms with Gasteiger partial charge in [0.15, 0.2) is 0 Å². The van der Waals surface area contributed by atoms with Crippen LogP contribution in [0.2, 0.25) is 15.1 Å². The Morgan fingerprint density at radius 2 is 1.63 bits per heavy atom. The van der Waals surface area contributed by atoms with Crippen molar-refractivity contribution in [1.29, 1.82) is 0 Å². The number of carbonyl (C=O) groups excluding carboxylic acids is 2. The van der Waals surface area contributed by atoms with Crippen molar-refractivity contribution in [1.82, 2.24) is 10.2 Å². The minimum Gasteiger partial charge on any atom is -0.352 e. The molecule has 4 nitrogen and oxygen atoms in total. The third-order valence-electron chi connectivity index (χ3n) is 5.47. The van der Waals surface area contributed by atoms with Crippen molar-refractivity contribution in [3.8, 4) is 0 Å². The van der Waals surface area contributed by atoms with Crippen molar-refractivity contribution in [3.63, 3.8) is 0 Å². The van der Waals surface area contributed by atoms with Crippen LogP contribution >= 0.6 is 34.8 Å². The highest BCUT2D eigenvalue weighted by molar-refractivity contribution is 6.42.